The molecule has 0 fully saturated rings. The second kappa shape index (κ2) is 7.02. The third kappa shape index (κ3) is 4.04. The van der Waals surface area contributed by atoms with Gasteiger partial charge in [0.05, 0.1) is 6.61 Å². The van der Waals surface area contributed by atoms with Crippen LogP contribution in [0.3, 0.4) is 0 Å². The molecule has 2 rings (SSSR count). The van der Waals surface area contributed by atoms with Gasteiger partial charge in [0.15, 0.2) is 0 Å². The summed E-state index contributed by atoms with van der Waals surface area (Å²) in [6.07, 6.45) is 0.604. The van der Waals surface area contributed by atoms with Gasteiger partial charge in [-0.2, -0.15) is 9.97 Å². The Labute approximate surface area is 121 Å². The van der Waals surface area contributed by atoms with Crippen molar-refractivity contribution in [3.8, 4) is 17.8 Å². The van der Waals surface area contributed by atoms with Crippen molar-refractivity contribution in [1.29, 1.82) is 0 Å². The molecule has 1 aromatic carbocycles. The minimum absolute atomic E-state index is 0.00958. The SMILES string of the molecule is CCOc1nc(Cl)nc(Oc2ccc(CCO)cc2)n1. The third-order valence-corrected chi connectivity index (χ3v) is 2.54. The third-order valence-electron chi connectivity index (χ3n) is 2.37. The minimum atomic E-state index is 0.00958. The molecule has 1 N–H and O–H groups in total. The first kappa shape index (κ1) is 14.5. The molecule has 20 heavy (non-hydrogen) atoms. The molecular formula is C13H14ClN3O3. The van der Waals surface area contributed by atoms with Gasteiger partial charge in [0.2, 0.25) is 5.28 Å². The Hall–Kier alpha value is -1.92. The number of ether oxygens (including phenoxy) is 2. The topological polar surface area (TPSA) is 77.4 Å². The number of rotatable bonds is 6. The van der Waals surface area contributed by atoms with E-state index in [0.29, 0.717) is 18.8 Å². The summed E-state index contributed by atoms with van der Waals surface area (Å²) < 4.78 is 10.7. The largest absolute Gasteiger partial charge is 0.464 e. The van der Waals surface area contributed by atoms with Crippen molar-refractivity contribution in [3.63, 3.8) is 0 Å². The number of aromatic nitrogens is 3. The maximum Gasteiger partial charge on any atom is 0.329 e. The fourth-order valence-corrected chi connectivity index (χ4v) is 1.66. The Morgan fingerprint density at radius 1 is 1.10 bits per heavy atom. The summed E-state index contributed by atoms with van der Waals surface area (Å²) in [5, 5.41) is 8.86. The van der Waals surface area contributed by atoms with Crippen LogP contribution in [0.4, 0.5) is 0 Å². The molecule has 0 radical (unpaired) electrons. The fraction of sp³-hybridized carbons (Fsp3) is 0.308. The molecule has 0 spiro atoms. The van der Waals surface area contributed by atoms with Crippen LogP contribution in [-0.4, -0.2) is 33.3 Å². The van der Waals surface area contributed by atoms with Gasteiger partial charge in [-0.15, -0.1) is 4.98 Å². The molecule has 1 aromatic heterocycles. The van der Waals surface area contributed by atoms with Crippen molar-refractivity contribution in [2.24, 2.45) is 0 Å². The summed E-state index contributed by atoms with van der Waals surface area (Å²) >= 11 is 5.77. The van der Waals surface area contributed by atoms with Gasteiger partial charge in [-0.25, -0.2) is 0 Å². The van der Waals surface area contributed by atoms with Gasteiger partial charge in [0, 0.05) is 6.61 Å². The van der Waals surface area contributed by atoms with Crippen LogP contribution in [-0.2, 0) is 6.42 Å². The number of aliphatic hydroxyl groups excluding tert-OH is 1. The van der Waals surface area contributed by atoms with E-state index in [1.54, 1.807) is 12.1 Å². The zero-order valence-electron chi connectivity index (χ0n) is 10.9. The van der Waals surface area contributed by atoms with Crippen LogP contribution in [0.2, 0.25) is 5.28 Å². The highest BCUT2D eigenvalue weighted by molar-refractivity contribution is 6.28. The Kier molecular flexibility index (Phi) is 5.09. The molecule has 0 aliphatic heterocycles. The van der Waals surface area contributed by atoms with Crippen LogP contribution in [0.1, 0.15) is 12.5 Å². The van der Waals surface area contributed by atoms with Gasteiger partial charge in [0.1, 0.15) is 5.75 Å². The molecule has 0 atom stereocenters. The summed E-state index contributed by atoms with van der Waals surface area (Å²) in [5.74, 6) is 0.566. The highest BCUT2D eigenvalue weighted by Crippen LogP contribution is 2.21. The Morgan fingerprint density at radius 3 is 2.45 bits per heavy atom. The van der Waals surface area contributed by atoms with Crippen LogP contribution < -0.4 is 9.47 Å². The quantitative estimate of drug-likeness (QED) is 0.881. The van der Waals surface area contributed by atoms with Crippen molar-refractivity contribution < 1.29 is 14.6 Å². The highest BCUT2D eigenvalue weighted by atomic mass is 35.5. The van der Waals surface area contributed by atoms with Gasteiger partial charge in [0.25, 0.3) is 0 Å². The molecule has 6 nitrogen and oxygen atoms in total. The van der Waals surface area contributed by atoms with Crippen molar-refractivity contribution in [2.45, 2.75) is 13.3 Å². The Bertz CT molecular complexity index is 563. The summed E-state index contributed by atoms with van der Waals surface area (Å²) in [6.45, 7) is 2.36. The summed E-state index contributed by atoms with van der Waals surface area (Å²) in [5.41, 5.74) is 1.02. The van der Waals surface area contributed by atoms with E-state index in [1.165, 1.54) is 0 Å². The van der Waals surface area contributed by atoms with Gasteiger partial charge in [-0.05, 0) is 42.6 Å². The van der Waals surface area contributed by atoms with Crippen LogP contribution in [0.5, 0.6) is 17.8 Å². The molecule has 1 heterocycles. The van der Waals surface area contributed by atoms with Crippen LogP contribution >= 0.6 is 11.6 Å². The number of hydrogen-bond donors (Lipinski definition) is 1. The predicted molar refractivity (Wildman–Crippen MR) is 73.3 cm³/mol. The molecule has 0 bridgehead atoms. The number of halogens is 1. The van der Waals surface area contributed by atoms with E-state index in [2.05, 4.69) is 15.0 Å². The smallest absolute Gasteiger partial charge is 0.329 e. The second-order valence-corrected chi connectivity index (χ2v) is 4.16. The Morgan fingerprint density at radius 2 is 1.80 bits per heavy atom. The van der Waals surface area contributed by atoms with Gasteiger partial charge < -0.3 is 14.6 Å². The normalized spacial score (nSPS) is 10.3. The first-order valence-corrected chi connectivity index (χ1v) is 6.51. The van der Waals surface area contributed by atoms with E-state index in [0.717, 1.165) is 5.56 Å². The predicted octanol–water partition coefficient (Wildman–Crippen LogP) is 2.25. The van der Waals surface area contributed by atoms with Crippen molar-refractivity contribution in [1.82, 2.24) is 15.0 Å². The molecule has 0 saturated carbocycles. The molecule has 0 unspecified atom stereocenters. The van der Waals surface area contributed by atoms with Crippen LogP contribution in [0.25, 0.3) is 0 Å². The number of hydrogen-bond acceptors (Lipinski definition) is 6. The van der Waals surface area contributed by atoms with Gasteiger partial charge >= 0.3 is 12.0 Å². The lowest BCUT2D eigenvalue weighted by Gasteiger charge is -2.06. The lowest BCUT2D eigenvalue weighted by atomic mass is 10.1. The second-order valence-electron chi connectivity index (χ2n) is 3.82. The zero-order valence-corrected chi connectivity index (χ0v) is 11.7. The molecule has 7 heteroatoms. The maximum atomic E-state index is 8.85. The molecule has 0 saturated heterocycles. The van der Waals surface area contributed by atoms with Crippen molar-refractivity contribution in [2.75, 3.05) is 13.2 Å². The van der Waals surface area contributed by atoms with E-state index < -0.39 is 0 Å². The standard InChI is InChI=1S/C13H14ClN3O3/c1-2-19-12-15-11(14)16-13(17-12)20-10-5-3-9(4-6-10)7-8-18/h3-6,18H,2,7-8H2,1H3. The van der Waals surface area contributed by atoms with Crippen LogP contribution in [0.15, 0.2) is 24.3 Å². The first-order chi connectivity index (χ1) is 9.71. The van der Waals surface area contributed by atoms with E-state index in [-0.39, 0.29) is 23.9 Å². The maximum absolute atomic E-state index is 8.85. The summed E-state index contributed by atoms with van der Waals surface area (Å²) in [6, 6.07) is 7.45. The first-order valence-electron chi connectivity index (χ1n) is 6.13. The molecule has 2 aromatic rings. The molecule has 0 amide bonds. The highest BCUT2D eigenvalue weighted by Gasteiger charge is 2.08. The molecular weight excluding hydrogens is 282 g/mol. The zero-order chi connectivity index (χ0) is 14.4. The van der Waals surface area contributed by atoms with Crippen molar-refractivity contribution in [3.05, 3.63) is 35.1 Å². The lowest BCUT2D eigenvalue weighted by Crippen LogP contribution is -2.01. The molecule has 0 aliphatic rings. The van der Waals surface area contributed by atoms with E-state index in [4.69, 9.17) is 26.2 Å². The fourth-order valence-electron chi connectivity index (χ4n) is 1.51. The molecule has 0 aliphatic carbocycles. The van der Waals surface area contributed by atoms with Crippen LogP contribution in [0, 0.1) is 0 Å². The number of benzene rings is 1. The van der Waals surface area contributed by atoms with E-state index >= 15 is 0 Å². The van der Waals surface area contributed by atoms with Crippen molar-refractivity contribution >= 4 is 11.6 Å². The van der Waals surface area contributed by atoms with E-state index in [9.17, 15) is 0 Å². The van der Waals surface area contributed by atoms with E-state index in [1.807, 2.05) is 19.1 Å². The monoisotopic (exact) mass is 295 g/mol. The minimum Gasteiger partial charge on any atom is -0.464 e. The average Bonchev–Trinajstić information content (AvgIpc) is 2.41. The number of aliphatic hydroxyl groups is 1. The summed E-state index contributed by atoms with van der Waals surface area (Å²) in [7, 11) is 0. The average molecular weight is 296 g/mol. The van der Waals surface area contributed by atoms with Gasteiger partial charge in [-0.3, -0.25) is 0 Å². The van der Waals surface area contributed by atoms with Gasteiger partial charge in [-0.1, -0.05) is 12.1 Å². The number of nitrogens with zero attached hydrogens (tertiary/aromatic N) is 3. The Balaban J connectivity index is 2.12. The lowest BCUT2D eigenvalue weighted by molar-refractivity contribution is 0.299. The summed E-state index contributed by atoms with van der Waals surface area (Å²) in [4.78, 5) is 11.7. The molecule has 106 valence electrons.